The van der Waals surface area contributed by atoms with Gasteiger partial charge in [-0.1, -0.05) is 31.4 Å². The van der Waals surface area contributed by atoms with Crippen LogP contribution in [0.5, 0.6) is 0 Å². The Morgan fingerprint density at radius 1 is 1.09 bits per heavy atom. The minimum Gasteiger partial charge on any atom is -0.344 e. The third kappa shape index (κ3) is 2.38. The lowest BCUT2D eigenvalue weighted by Gasteiger charge is -2.24. The highest BCUT2D eigenvalue weighted by Gasteiger charge is 2.39. The van der Waals surface area contributed by atoms with E-state index in [0.29, 0.717) is 6.04 Å². The molecule has 0 radical (unpaired) electrons. The Morgan fingerprint density at radius 2 is 1.87 bits per heavy atom. The zero-order chi connectivity index (χ0) is 16.0. The van der Waals surface area contributed by atoms with E-state index in [2.05, 4.69) is 22.9 Å². The van der Waals surface area contributed by atoms with E-state index in [1.165, 1.54) is 37.6 Å². The number of thioether (sulfide) groups is 1. The second-order valence-electron chi connectivity index (χ2n) is 6.50. The quantitative estimate of drug-likeness (QED) is 0.814. The first kappa shape index (κ1) is 14.8. The lowest BCUT2D eigenvalue weighted by Crippen LogP contribution is -2.23. The standard InChI is InChI=1S/C18H20N2O2S/c1-19-16(17(21)23-18(19)22)14-8-5-9-15-13(14)10-11-20(15)12-6-3-2-4-7-12/h5,8-12,16H,2-4,6-7H2,1H3. The Morgan fingerprint density at radius 3 is 2.57 bits per heavy atom. The van der Waals surface area contributed by atoms with E-state index < -0.39 is 6.04 Å². The Bertz CT molecular complexity index is 776. The second kappa shape index (κ2) is 5.71. The topological polar surface area (TPSA) is 42.3 Å². The van der Waals surface area contributed by atoms with Crippen molar-refractivity contribution in [1.29, 1.82) is 0 Å². The summed E-state index contributed by atoms with van der Waals surface area (Å²) in [4.78, 5) is 25.6. The van der Waals surface area contributed by atoms with E-state index in [9.17, 15) is 9.59 Å². The van der Waals surface area contributed by atoms with Gasteiger partial charge in [0.1, 0.15) is 6.04 Å². The Hall–Kier alpha value is -1.75. The lowest BCUT2D eigenvalue weighted by molar-refractivity contribution is -0.113. The Balaban J connectivity index is 1.79. The fraction of sp³-hybridized carbons (Fsp3) is 0.444. The van der Waals surface area contributed by atoms with Crippen molar-refractivity contribution in [2.75, 3.05) is 7.05 Å². The predicted molar refractivity (Wildman–Crippen MR) is 92.6 cm³/mol. The molecule has 5 heteroatoms. The highest BCUT2D eigenvalue weighted by molar-refractivity contribution is 8.26. The number of benzene rings is 1. The summed E-state index contributed by atoms with van der Waals surface area (Å²) >= 11 is 0.816. The van der Waals surface area contributed by atoms with Gasteiger partial charge in [0.05, 0.1) is 0 Å². The maximum absolute atomic E-state index is 12.2. The Labute approximate surface area is 139 Å². The average Bonchev–Trinajstić information content (AvgIpc) is 3.10. The fourth-order valence-electron chi connectivity index (χ4n) is 3.94. The van der Waals surface area contributed by atoms with Crippen LogP contribution in [0.15, 0.2) is 30.5 Å². The number of amides is 1. The van der Waals surface area contributed by atoms with E-state index in [1.807, 2.05) is 12.1 Å². The molecule has 0 N–H and O–H groups in total. The van der Waals surface area contributed by atoms with Crippen molar-refractivity contribution in [2.45, 2.75) is 44.2 Å². The molecule has 2 aliphatic rings. The molecule has 1 saturated heterocycles. The zero-order valence-electron chi connectivity index (χ0n) is 13.2. The van der Waals surface area contributed by atoms with Crippen LogP contribution in [-0.4, -0.2) is 26.9 Å². The normalized spacial score (nSPS) is 23.2. The molecule has 1 atom stereocenters. The first-order valence-electron chi connectivity index (χ1n) is 8.25. The maximum Gasteiger partial charge on any atom is 0.289 e. The van der Waals surface area contributed by atoms with Crippen molar-refractivity contribution in [1.82, 2.24) is 9.47 Å². The van der Waals surface area contributed by atoms with Gasteiger partial charge in [-0.15, -0.1) is 0 Å². The summed E-state index contributed by atoms with van der Waals surface area (Å²) in [6, 6.07) is 8.32. The van der Waals surface area contributed by atoms with Gasteiger partial charge in [-0.3, -0.25) is 9.59 Å². The van der Waals surface area contributed by atoms with Crippen LogP contribution >= 0.6 is 11.8 Å². The van der Waals surface area contributed by atoms with Crippen molar-refractivity contribution in [3.63, 3.8) is 0 Å². The number of rotatable bonds is 2. The van der Waals surface area contributed by atoms with Crippen molar-refractivity contribution < 1.29 is 9.59 Å². The molecule has 120 valence electrons. The SMILES string of the molecule is CN1C(=O)SC(=O)C1c1cccc2c1ccn2C1CCCCC1. The van der Waals surface area contributed by atoms with Gasteiger partial charge in [-0.2, -0.15) is 0 Å². The molecule has 1 aromatic heterocycles. The van der Waals surface area contributed by atoms with E-state index >= 15 is 0 Å². The minimum atomic E-state index is -0.460. The van der Waals surface area contributed by atoms with Crippen LogP contribution < -0.4 is 0 Å². The zero-order valence-corrected chi connectivity index (χ0v) is 14.0. The monoisotopic (exact) mass is 328 g/mol. The van der Waals surface area contributed by atoms with E-state index in [-0.39, 0.29) is 10.4 Å². The number of carbonyl (C=O) groups excluding carboxylic acids is 2. The molecular formula is C18H20N2O2S. The number of aromatic nitrogens is 1. The van der Waals surface area contributed by atoms with Crippen molar-refractivity contribution in [2.24, 2.45) is 0 Å². The molecule has 1 aliphatic carbocycles. The number of hydrogen-bond acceptors (Lipinski definition) is 3. The third-order valence-electron chi connectivity index (χ3n) is 5.15. The molecule has 1 unspecified atom stereocenters. The summed E-state index contributed by atoms with van der Waals surface area (Å²) in [6.45, 7) is 0. The molecule has 0 spiro atoms. The molecule has 2 fully saturated rings. The summed E-state index contributed by atoms with van der Waals surface area (Å²) in [5.74, 6) is 0. The van der Waals surface area contributed by atoms with Crippen LogP contribution in [0.1, 0.15) is 49.8 Å². The average molecular weight is 328 g/mol. The Kier molecular flexibility index (Phi) is 3.68. The third-order valence-corrected chi connectivity index (χ3v) is 6.03. The molecule has 1 aliphatic heterocycles. The van der Waals surface area contributed by atoms with Crippen LogP contribution in [-0.2, 0) is 4.79 Å². The largest absolute Gasteiger partial charge is 0.344 e. The van der Waals surface area contributed by atoms with Gasteiger partial charge >= 0.3 is 0 Å². The smallest absolute Gasteiger partial charge is 0.289 e. The summed E-state index contributed by atoms with van der Waals surface area (Å²) in [5.41, 5.74) is 2.13. The number of fused-ring (bicyclic) bond motifs is 1. The van der Waals surface area contributed by atoms with Gasteiger partial charge in [-0.05, 0) is 30.5 Å². The van der Waals surface area contributed by atoms with Crippen LogP contribution in [0.3, 0.4) is 0 Å². The van der Waals surface area contributed by atoms with Gasteiger partial charge < -0.3 is 9.47 Å². The predicted octanol–water partition coefficient (Wildman–Crippen LogP) is 4.51. The molecule has 1 saturated carbocycles. The second-order valence-corrected chi connectivity index (χ2v) is 7.45. The van der Waals surface area contributed by atoms with Gasteiger partial charge in [0.15, 0.2) is 0 Å². The minimum absolute atomic E-state index is 0.0737. The van der Waals surface area contributed by atoms with Crippen molar-refractivity contribution in [3.8, 4) is 0 Å². The summed E-state index contributed by atoms with van der Waals surface area (Å²) < 4.78 is 2.37. The van der Waals surface area contributed by atoms with Gasteiger partial charge in [0.25, 0.3) is 5.24 Å². The van der Waals surface area contributed by atoms with Crippen LogP contribution in [0.25, 0.3) is 10.9 Å². The van der Waals surface area contributed by atoms with E-state index in [0.717, 1.165) is 22.7 Å². The van der Waals surface area contributed by atoms with E-state index in [1.54, 1.807) is 11.9 Å². The fourth-order valence-corrected chi connectivity index (χ4v) is 4.76. The summed E-state index contributed by atoms with van der Waals surface area (Å²) in [5, 5.41) is 0.859. The van der Waals surface area contributed by atoms with Gasteiger partial charge in [0.2, 0.25) is 5.12 Å². The van der Waals surface area contributed by atoms with Crippen LogP contribution in [0, 0.1) is 0 Å². The van der Waals surface area contributed by atoms with E-state index in [4.69, 9.17) is 0 Å². The van der Waals surface area contributed by atoms with Crippen LogP contribution in [0.4, 0.5) is 4.79 Å². The summed E-state index contributed by atoms with van der Waals surface area (Å²) in [7, 11) is 1.71. The molecular weight excluding hydrogens is 308 g/mol. The number of carbonyl (C=O) groups is 2. The van der Waals surface area contributed by atoms with Gasteiger partial charge in [0, 0.05) is 42.0 Å². The molecule has 2 aromatic rings. The highest BCUT2D eigenvalue weighted by Crippen LogP contribution is 2.39. The number of nitrogens with zero attached hydrogens (tertiary/aromatic N) is 2. The van der Waals surface area contributed by atoms with Gasteiger partial charge in [-0.25, -0.2) is 0 Å². The molecule has 4 nitrogen and oxygen atoms in total. The molecule has 1 aromatic carbocycles. The number of likely N-dealkylation sites (N-methyl/N-ethyl adjacent to an activating group) is 1. The molecule has 4 rings (SSSR count). The van der Waals surface area contributed by atoms with Crippen molar-refractivity contribution in [3.05, 3.63) is 36.0 Å². The van der Waals surface area contributed by atoms with Crippen LogP contribution in [0.2, 0.25) is 0 Å². The number of hydrogen-bond donors (Lipinski definition) is 0. The summed E-state index contributed by atoms with van der Waals surface area (Å²) in [6.07, 6.45) is 8.52. The molecule has 2 heterocycles. The molecule has 1 amide bonds. The highest BCUT2D eigenvalue weighted by atomic mass is 32.2. The maximum atomic E-state index is 12.2. The lowest BCUT2D eigenvalue weighted by atomic mass is 9.95. The first-order chi connectivity index (χ1) is 11.2. The first-order valence-corrected chi connectivity index (χ1v) is 9.06. The van der Waals surface area contributed by atoms with Crippen molar-refractivity contribution >= 4 is 33.0 Å². The molecule has 0 bridgehead atoms. The molecule has 23 heavy (non-hydrogen) atoms.